The van der Waals surface area contributed by atoms with E-state index in [1.165, 1.54) is 24.4 Å². The Bertz CT molecular complexity index is 116. The van der Waals surface area contributed by atoms with Crippen molar-refractivity contribution in [2.45, 2.75) is 18.9 Å². The van der Waals surface area contributed by atoms with E-state index in [0.29, 0.717) is 6.04 Å². The molecule has 2 aliphatic heterocycles. The van der Waals surface area contributed by atoms with Gasteiger partial charge >= 0.3 is 0 Å². The summed E-state index contributed by atoms with van der Waals surface area (Å²) in [5.41, 5.74) is 0. The Kier molecular flexibility index (Phi) is 1.22. The van der Waals surface area contributed by atoms with Gasteiger partial charge in [0.05, 0.1) is 6.67 Å². The van der Waals surface area contributed by atoms with E-state index in [2.05, 4.69) is 4.90 Å². The molecule has 2 saturated heterocycles. The Morgan fingerprint density at radius 2 is 2.33 bits per heavy atom. The van der Waals surface area contributed by atoms with Gasteiger partial charge in [0.15, 0.2) is 0 Å². The molecule has 2 atom stereocenters. The summed E-state index contributed by atoms with van der Waals surface area (Å²) < 4.78 is 0. The second-order valence-corrected chi connectivity index (χ2v) is 2.95. The molecular formula is C6H12N2O. The zero-order valence-electron chi connectivity index (χ0n) is 5.45. The molecular weight excluding hydrogens is 116 g/mol. The van der Waals surface area contributed by atoms with Gasteiger partial charge < -0.3 is 5.21 Å². The lowest BCUT2D eigenvalue weighted by molar-refractivity contribution is -0.106. The highest BCUT2D eigenvalue weighted by atomic mass is 16.5. The Morgan fingerprint density at radius 1 is 1.44 bits per heavy atom. The van der Waals surface area contributed by atoms with Gasteiger partial charge in [-0.05, 0) is 19.4 Å². The van der Waals surface area contributed by atoms with Gasteiger partial charge in [0, 0.05) is 12.6 Å². The molecule has 52 valence electrons. The fourth-order valence-corrected chi connectivity index (χ4v) is 1.72. The van der Waals surface area contributed by atoms with E-state index >= 15 is 0 Å². The Labute approximate surface area is 54.8 Å². The topological polar surface area (TPSA) is 26.7 Å². The smallest absolute Gasteiger partial charge is 0.0758 e. The van der Waals surface area contributed by atoms with Crippen molar-refractivity contribution in [3.05, 3.63) is 0 Å². The maximum absolute atomic E-state index is 9.19. The molecule has 2 aliphatic rings. The van der Waals surface area contributed by atoms with Gasteiger partial charge in [-0.2, -0.15) is 5.06 Å². The predicted molar refractivity (Wildman–Crippen MR) is 33.1 cm³/mol. The fourth-order valence-electron chi connectivity index (χ4n) is 1.72. The second kappa shape index (κ2) is 1.94. The monoisotopic (exact) mass is 128 g/mol. The minimum Gasteiger partial charge on any atom is -0.312 e. The number of piperidine rings is 1. The highest BCUT2D eigenvalue weighted by molar-refractivity contribution is 4.82. The molecule has 2 fully saturated rings. The standard InChI is InChI=1S/C6H12N2O/c9-8-5-7-3-1-2-6(8)4-7/h6,9H,1-5H2. The maximum Gasteiger partial charge on any atom is 0.0758 e. The van der Waals surface area contributed by atoms with E-state index in [1.807, 2.05) is 0 Å². The van der Waals surface area contributed by atoms with Crippen LogP contribution < -0.4 is 0 Å². The number of nitrogens with zero attached hydrogens (tertiary/aromatic N) is 2. The summed E-state index contributed by atoms with van der Waals surface area (Å²) in [6.45, 7) is 3.02. The molecule has 3 heteroatoms. The van der Waals surface area contributed by atoms with Crippen molar-refractivity contribution in [1.82, 2.24) is 9.96 Å². The van der Waals surface area contributed by atoms with Crippen LogP contribution in [-0.2, 0) is 0 Å². The summed E-state index contributed by atoms with van der Waals surface area (Å²) in [5.74, 6) is 0. The fraction of sp³-hybridized carbons (Fsp3) is 1.00. The molecule has 0 spiro atoms. The molecule has 9 heavy (non-hydrogen) atoms. The quantitative estimate of drug-likeness (QED) is 0.501. The Balaban J connectivity index is 2.07. The van der Waals surface area contributed by atoms with Crippen LogP contribution in [-0.4, -0.2) is 41.0 Å². The molecule has 3 nitrogen and oxygen atoms in total. The second-order valence-electron chi connectivity index (χ2n) is 2.95. The molecule has 0 saturated carbocycles. The SMILES string of the molecule is ON1CN2CCCC1C2. The third-order valence-corrected chi connectivity index (χ3v) is 2.25. The van der Waals surface area contributed by atoms with Gasteiger partial charge in [0.25, 0.3) is 0 Å². The summed E-state index contributed by atoms with van der Waals surface area (Å²) in [5, 5.41) is 10.7. The van der Waals surface area contributed by atoms with Crippen LogP contribution in [0.3, 0.4) is 0 Å². The van der Waals surface area contributed by atoms with Crippen molar-refractivity contribution in [2.24, 2.45) is 0 Å². The highest BCUT2D eigenvalue weighted by Gasteiger charge is 2.31. The first-order chi connectivity index (χ1) is 4.36. The molecule has 0 aromatic rings. The molecule has 0 aromatic carbocycles. The summed E-state index contributed by atoms with van der Waals surface area (Å²) in [7, 11) is 0. The summed E-state index contributed by atoms with van der Waals surface area (Å²) in [6.07, 6.45) is 2.43. The number of hydroxylamine groups is 2. The number of hydrogen-bond acceptors (Lipinski definition) is 3. The van der Waals surface area contributed by atoms with Crippen molar-refractivity contribution in [2.75, 3.05) is 19.8 Å². The molecule has 2 heterocycles. The number of fused-ring (bicyclic) bond motifs is 2. The molecule has 2 unspecified atom stereocenters. The zero-order valence-corrected chi connectivity index (χ0v) is 5.45. The molecule has 0 radical (unpaired) electrons. The minimum absolute atomic E-state index is 0.443. The number of rotatable bonds is 0. The minimum atomic E-state index is 0.443. The normalized spacial score (nSPS) is 43.7. The maximum atomic E-state index is 9.19. The largest absolute Gasteiger partial charge is 0.312 e. The first kappa shape index (κ1) is 5.65. The van der Waals surface area contributed by atoms with Crippen LogP contribution in [0.4, 0.5) is 0 Å². The van der Waals surface area contributed by atoms with Crippen LogP contribution in [0.25, 0.3) is 0 Å². The van der Waals surface area contributed by atoms with Crippen molar-refractivity contribution in [3.63, 3.8) is 0 Å². The van der Waals surface area contributed by atoms with Crippen LogP contribution in [0.15, 0.2) is 0 Å². The van der Waals surface area contributed by atoms with Gasteiger partial charge in [-0.15, -0.1) is 0 Å². The third-order valence-electron chi connectivity index (χ3n) is 2.25. The molecule has 0 aliphatic carbocycles. The van der Waals surface area contributed by atoms with Crippen LogP contribution in [0.5, 0.6) is 0 Å². The summed E-state index contributed by atoms with van der Waals surface area (Å²) >= 11 is 0. The lowest BCUT2D eigenvalue weighted by atomic mass is 10.1. The van der Waals surface area contributed by atoms with Gasteiger partial charge in [-0.3, -0.25) is 4.90 Å². The van der Waals surface area contributed by atoms with Crippen molar-refractivity contribution in [3.8, 4) is 0 Å². The van der Waals surface area contributed by atoms with E-state index in [-0.39, 0.29) is 0 Å². The van der Waals surface area contributed by atoms with Crippen LogP contribution in [0.2, 0.25) is 0 Å². The molecule has 0 amide bonds. The average molecular weight is 128 g/mol. The summed E-state index contributed by atoms with van der Waals surface area (Å²) in [4.78, 5) is 2.29. The van der Waals surface area contributed by atoms with Crippen LogP contribution in [0.1, 0.15) is 12.8 Å². The van der Waals surface area contributed by atoms with E-state index in [4.69, 9.17) is 0 Å². The number of hydrogen-bond donors (Lipinski definition) is 1. The molecule has 1 N–H and O–H groups in total. The zero-order chi connectivity index (χ0) is 6.27. The third kappa shape index (κ3) is 0.852. The Morgan fingerprint density at radius 3 is 3.00 bits per heavy atom. The van der Waals surface area contributed by atoms with Crippen LogP contribution >= 0.6 is 0 Å². The van der Waals surface area contributed by atoms with E-state index < -0.39 is 0 Å². The lowest BCUT2D eigenvalue weighted by Gasteiger charge is -2.19. The van der Waals surface area contributed by atoms with E-state index in [9.17, 15) is 5.21 Å². The summed E-state index contributed by atoms with van der Waals surface area (Å²) in [6, 6.07) is 0.443. The first-order valence-electron chi connectivity index (χ1n) is 3.54. The Hall–Kier alpha value is -0.120. The predicted octanol–water partition coefficient (Wildman–Crippen LogP) is 0.113. The van der Waals surface area contributed by atoms with Gasteiger partial charge in [0.2, 0.25) is 0 Å². The van der Waals surface area contributed by atoms with Crippen molar-refractivity contribution < 1.29 is 5.21 Å². The van der Waals surface area contributed by atoms with E-state index in [1.54, 1.807) is 0 Å². The average Bonchev–Trinajstić information content (AvgIpc) is 2.09. The van der Waals surface area contributed by atoms with Crippen LogP contribution in [0, 0.1) is 0 Å². The molecule has 0 aromatic heterocycles. The van der Waals surface area contributed by atoms with Crippen molar-refractivity contribution in [1.29, 1.82) is 0 Å². The molecule has 2 bridgehead atoms. The first-order valence-corrected chi connectivity index (χ1v) is 3.54. The highest BCUT2D eigenvalue weighted by Crippen LogP contribution is 2.20. The van der Waals surface area contributed by atoms with E-state index in [0.717, 1.165) is 13.2 Å². The van der Waals surface area contributed by atoms with Gasteiger partial charge in [-0.25, -0.2) is 0 Å². The lowest BCUT2D eigenvalue weighted by Crippen LogP contribution is -2.29. The van der Waals surface area contributed by atoms with Crippen molar-refractivity contribution >= 4 is 0 Å². The molecule has 2 rings (SSSR count). The van der Waals surface area contributed by atoms with Gasteiger partial charge in [-0.1, -0.05) is 0 Å². The van der Waals surface area contributed by atoms with Gasteiger partial charge in [0.1, 0.15) is 0 Å².